The van der Waals surface area contributed by atoms with Crippen molar-refractivity contribution >= 4 is 15.9 Å². The van der Waals surface area contributed by atoms with Gasteiger partial charge in [-0.25, -0.2) is 0 Å². The molecule has 14 heavy (non-hydrogen) atoms. The molecule has 86 valence electrons. The molecule has 0 aliphatic carbocycles. The summed E-state index contributed by atoms with van der Waals surface area (Å²) in [7, 11) is 0. The monoisotopic (exact) mass is 275 g/mol. The van der Waals surface area contributed by atoms with Crippen LogP contribution in [-0.2, 0) is 0 Å². The van der Waals surface area contributed by atoms with Gasteiger partial charge >= 0.3 is 6.18 Å². The van der Waals surface area contributed by atoms with Crippen molar-refractivity contribution in [1.29, 1.82) is 0 Å². The number of alkyl halides is 4. The first kappa shape index (κ1) is 14.2. The van der Waals surface area contributed by atoms with Crippen molar-refractivity contribution in [3.63, 3.8) is 0 Å². The average molecular weight is 276 g/mol. The highest BCUT2D eigenvalue weighted by Gasteiger charge is 2.31. The molecule has 0 spiro atoms. The summed E-state index contributed by atoms with van der Waals surface area (Å²) in [5, 5.41) is 0.580. The second kappa shape index (κ2) is 6.67. The van der Waals surface area contributed by atoms with E-state index in [-0.39, 0.29) is 6.04 Å². The normalized spacial score (nSPS) is 14.8. The van der Waals surface area contributed by atoms with E-state index in [9.17, 15) is 13.2 Å². The van der Waals surface area contributed by atoms with Crippen LogP contribution in [0.25, 0.3) is 0 Å². The lowest BCUT2D eigenvalue weighted by molar-refractivity contribution is -0.149. The first-order chi connectivity index (χ1) is 6.40. The first-order valence-corrected chi connectivity index (χ1v) is 5.89. The van der Waals surface area contributed by atoms with E-state index in [1.807, 2.05) is 13.8 Å². The van der Waals surface area contributed by atoms with Gasteiger partial charge in [0.1, 0.15) is 0 Å². The van der Waals surface area contributed by atoms with Gasteiger partial charge in [0.15, 0.2) is 0 Å². The Balaban J connectivity index is 4.13. The molecule has 0 aliphatic heterocycles. The van der Waals surface area contributed by atoms with Crippen LogP contribution in [0.3, 0.4) is 0 Å². The van der Waals surface area contributed by atoms with E-state index in [0.29, 0.717) is 11.9 Å². The second-order valence-electron chi connectivity index (χ2n) is 3.41. The molecule has 0 rings (SSSR count). The fraction of sp³-hybridized carbons (Fsp3) is 1.00. The Hall–Kier alpha value is 0.230. The predicted octanol–water partition coefficient (Wildman–Crippen LogP) is 3.43. The van der Waals surface area contributed by atoms with Gasteiger partial charge in [0.2, 0.25) is 0 Å². The molecular weight excluding hydrogens is 259 g/mol. The molecule has 1 atom stereocenters. The lowest BCUT2D eigenvalue weighted by Crippen LogP contribution is -2.41. The molecule has 1 nitrogen and oxygen atoms in total. The first-order valence-electron chi connectivity index (χ1n) is 4.77. The number of hydrogen-bond acceptors (Lipinski definition) is 1. The molecule has 0 radical (unpaired) electrons. The maximum Gasteiger partial charge on any atom is 0.401 e. The zero-order valence-electron chi connectivity index (χ0n) is 8.57. The van der Waals surface area contributed by atoms with Gasteiger partial charge in [-0.15, -0.1) is 0 Å². The highest BCUT2D eigenvalue weighted by molar-refractivity contribution is 9.09. The van der Waals surface area contributed by atoms with E-state index in [1.54, 1.807) is 0 Å². The van der Waals surface area contributed by atoms with Crippen molar-refractivity contribution in [2.75, 3.05) is 18.4 Å². The minimum Gasteiger partial charge on any atom is -0.291 e. The lowest BCUT2D eigenvalue weighted by atomic mass is 10.1. The van der Waals surface area contributed by atoms with E-state index in [2.05, 4.69) is 15.9 Å². The van der Waals surface area contributed by atoms with Crippen LogP contribution in [0.2, 0.25) is 0 Å². The van der Waals surface area contributed by atoms with Crippen molar-refractivity contribution in [3.8, 4) is 0 Å². The Kier molecular flexibility index (Phi) is 6.78. The van der Waals surface area contributed by atoms with Crippen molar-refractivity contribution in [2.24, 2.45) is 0 Å². The molecule has 0 aromatic rings. The van der Waals surface area contributed by atoms with Gasteiger partial charge in [-0.1, -0.05) is 29.3 Å². The van der Waals surface area contributed by atoms with Crippen LogP contribution in [0.4, 0.5) is 13.2 Å². The standard InChI is InChI=1S/C9H17BrF3N/c1-3-4-8(2)14(6-5-10)7-9(11,12)13/h8H,3-7H2,1-2H3. The molecule has 0 N–H and O–H groups in total. The summed E-state index contributed by atoms with van der Waals surface area (Å²) in [6.45, 7) is 3.47. The summed E-state index contributed by atoms with van der Waals surface area (Å²) < 4.78 is 36.5. The molecule has 0 aromatic carbocycles. The molecule has 0 aliphatic rings. The van der Waals surface area contributed by atoms with Crippen molar-refractivity contribution < 1.29 is 13.2 Å². The number of hydrogen-bond donors (Lipinski definition) is 0. The van der Waals surface area contributed by atoms with Gasteiger partial charge in [0, 0.05) is 17.9 Å². The van der Waals surface area contributed by atoms with Crippen LogP contribution in [0.5, 0.6) is 0 Å². The molecule has 0 saturated heterocycles. The van der Waals surface area contributed by atoms with E-state index < -0.39 is 12.7 Å². The highest BCUT2D eigenvalue weighted by Crippen LogP contribution is 2.19. The van der Waals surface area contributed by atoms with Gasteiger partial charge < -0.3 is 0 Å². The summed E-state index contributed by atoms with van der Waals surface area (Å²) in [6, 6.07) is -0.000764. The van der Waals surface area contributed by atoms with Crippen LogP contribution >= 0.6 is 15.9 Å². The molecule has 0 fully saturated rings. The van der Waals surface area contributed by atoms with Gasteiger partial charge in [-0.3, -0.25) is 4.90 Å². The molecule has 0 saturated carbocycles. The van der Waals surface area contributed by atoms with Gasteiger partial charge in [-0.05, 0) is 13.3 Å². The smallest absolute Gasteiger partial charge is 0.291 e. The fourth-order valence-electron chi connectivity index (χ4n) is 1.39. The van der Waals surface area contributed by atoms with Crippen LogP contribution in [0, 0.1) is 0 Å². The molecule has 0 amide bonds. The number of halogens is 4. The van der Waals surface area contributed by atoms with Crippen molar-refractivity contribution in [3.05, 3.63) is 0 Å². The van der Waals surface area contributed by atoms with Crippen molar-refractivity contribution in [2.45, 2.75) is 38.9 Å². The molecular formula is C9H17BrF3N. The van der Waals surface area contributed by atoms with Gasteiger partial charge in [0.05, 0.1) is 6.54 Å². The summed E-state index contributed by atoms with van der Waals surface area (Å²) >= 11 is 3.17. The Morgan fingerprint density at radius 2 is 1.93 bits per heavy atom. The fourth-order valence-corrected chi connectivity index (χ4v) is 1.85. The summed E-state index contributed by atoms with van der Waals surface area (Å²) in [6.07, 6.45) is -2.37. The Morgan fingerprint density at radius 1 is 1.36 bits per heavy atom. The summed E-state index contributed by atoms with van der Waals surface area (Å²) in [5.41, 5.74) is 0. The molecule has 0 heterocycles. The van der Waals surface area contributed by atoms with E-state index in [4.69, 9.17) is 0 Å². The number of nitrogens with zero attached hydrogens (tertiary/aromatic N) is 1. The van der Waals surface area contributed by atoms with Crippen LogP contribution in [-0.4, -0.2) is 35.5 Å². The molecule has 0 bridgehead atoms. The molecule has 0 aromatic heterocycles. The highest BCUT2D eigenvalue weighted by atomic mass is 79.9. The van der Waals surface area contributed by atoms with E-state index >= 15 is 0 Å². The average Bonchev–Trinajstić information content (AvgIpc) is 2.01. The predicted molar refractivity (Wildman–Crippen MR) is 55.8 cm³/mol. The van der Waals surface area contributed by atoms with E-state index in [0.717, 1.165) is 12.8 Å². The SMILES string of the molecule is CCCC(C)N(CCBr)CC(F)(F)F. The largest absolute Gasteiger partial charge is 0.401 e. The van der Waals surface area contributed by atoms with Crippen molar-refractivity contribution in [1.82, 2.24) is 4.90 Å². The minimum absolute atomic E-state index is 0.000764. The van der Waals surface area contributed by atoms with E-state index in [1.165, 1.54) is 4.90 Å². The zero-order valence-corrected chi connectivity index (χ0v) is 10.2. The summed E-state index contributed by atoms with van der Waals surface area (Å²) in [4.78, 5) is 1.47. The Bertz CT molecular complexity index is 149. The third-order valence-corrected chi connectivity index (χ3v) is 2.44. The third kappa shape index (κ3) is 6.65. The minimum atomic E-state index is -4.09. The van der Waals surface area contributed by atoms with Gasteiger partial charge in [-0.2, -0.15) is 13.2 Å². The van der Waals surface area contributed by atoms with Crippen LogP contribution in [0.15, 0.2) is 0 Å². The summed E-state index contributed by atoms with van der Waals surface area (Å²) in [5.74, 6) is 0. The van der Waals surface area contributed by atoms with Crippen LogP contribution < -0.4 is 0 Å². The molecule has 1 unspecified atom stereocenters. The maximum absolute atomic E-state index is 12.2. The topological polar surface area (TPSA) is 3.24 Å². The zero-order chi connectivity index (χ0) is 11.2. The van der Waals surface area contributed by atoms with Crippen LogP contribution in [0.1, 0.15) is 26.7 Å². The maximum atomic E-state index is 12.2. The lowest BCUT2D eigenvalue weighted by Gasteiger charge is -2.29. The van der Waals surface area contributed by atoms with Gasteiger partial charge in [0.25, 0.3) is 0 Å². The number of rotatable bonds is 6. The quantitative estimate of drug-likeness (QED) is 0.672. The Labute approximate surface area is 91.8 Å². The third-order valence-electron chi connectivity index (χ3n) is 2.08. The Morgan fingerprint density at radius 3 is 2.29 bits per heavy atom. The second-order valence-corrected chi connectivity index (χ2v) is 4.21. The molecule has 5 heteroatoms.